The lowest BCUT2D eigenvalue weighted by molar-refractivity contribution is 0.612. The molecule has 0 aromatic heterocycles. The number of anilines is 1. The van der Waals surface area contributed by atoms with Gasteiger partial charge in [0.25, 0.3) is 0 Å². The third-order valence-electron chi connectivity index (χ3n) is 2.44. The van der Waals surface area contributed by atoms with Crippen molar-refractivity contribution in [3.05, 3.63) is 29.8 Å². The molecule has 17 heavy (non-hydrogen) atoms. The highest BCUT2D eigenvalue weighted by atomic mass is 15.1. The monoisotopic (exact) mass is 227 g/mol. The van der Waals surface area contributed by atoms with E-state index in [9.17, 15) is 0 Å². The van der Waals surface area contributed by atoms with E-state index >= 15 is 0 Å². The van der Waals surface area contributed by atoms with Crippen molar-refractivity contribution in [3.63, 3.8) is 0 Å². The molecule has 1 aromatic carbocycles. The molecule has 3 heteroatoms. The van der Waals surface area contributed by atoms with Crippen LogP contribution in [0.2, 0.25) is 0 Å². The van der Waals surface area contributed by atoms with E-state index in [-0.39, 0.29) is 0 Å². The van der Waals surface area contributed by atoms with Crippen LogP contribution in [0.5, 0.6) is 0 Å². The van der Waals surface area contributed by atoms with E-state index in [1.807, 2.05) is 24.3 Å². The second kappa shape index (κ2) is 6.55. The first-order valence-corrected chi connectivity index (χ1v) is 5.80. The van der Waals surface area contributed by atoms with Crippen molar-refractivity contribution >= 4 is 5.69 Å². The van der Waals surface area contributed by atoms with Crippen LogP contribution in [0.25, 0.3) is 0 Å². The van der Waals surface area contributed by atoms with Crippen molar-refractivity contribution in [1.82, 2.24) is 0 Å². The van der Waals surface area contributed by atoms with E-state index in [1.165, 1.54) is 0 Å². The first kappa shape index (κ1) is 13.1. The van der Waals surface area contributed by atoms with Crippen molar-refractivity contribution in [2.24, 2.45) is 5.92 Å². The number of hydrogen-bond donors (Lipinski definition) is 0. The molecule has 0 radical (unpaired) electrons. The third kappa shape index (κ3) is 3.81. The SMILES string of the molecule is CC(C)CN(CCC#N)c1ccccc1C#N. The molecule has 0 N–H and O–H groups in total. The van der Waals surface area contributed by atoms with Crippen molar-refractivity contribution in [3.8, 4) is 12.1 Å². The fourth-order valence-electron chi connectivity index (χ4n) is 1.78. The molecule has 0 aliphatic heterocycles. The standard InChI is InChI=1S/C14H17N3/c1-12(2)11-17(9-5-8-15)14-7-4-3-6-13(14)10-16/h3-4,6-7,12H,5,9,11H2,1-2H3. The van der Waals surface area contributed by atoms with Gasteiger partial charge >= 0.3 is 0 Å². The third-order valence-corrected chi connectivity index (χ3v) is 2.44. The summed E-state index contributed by atoms with van der Waals surface area (Å²) in [5.41, 5.74) is 1.60. The smallest absolute Gasteiger partial charge is 0.101 e. The fraction of sp³-hybridized carbons (Fsp3) is 0.429. The number of nitriles is 2. The largest absolute Gasteiger partial charge is 0.369 e. The van der Waals surface area contributed by atoms with E-state index in [2.05, 4.69) is 30.9 Å². The van der Waals surface area contributed by atoms with Gasteiger partial charge in [-0.3, -0.25) is 0 Å². The van der Waals surface area contributed by atoms with Crippen molar-refractivity contribution in [1.29, 1.82) is 10.5 Å². The van der Waals surface area contributed by atoms with Gasteiger partial charge in [-0.05, 0) is 18.1 Å². The predicted octanol–water partition coefficient (Wildman–Crippen LogP) is 2.93. The average Bonchev–Trinajstić information content (AvgIpc) is 2.34. The van der Waals surface area contributed by atoms with Crippen LogP contribution in [0.1, 0.15) is 25.8 Å². The molecule has 0 atom stereocenters. The average molecular weight is 227 g/mol. The van der Waals surface area contributed by atoms with Gasteiger partial charge in [0, 0.05) is 13.1 Å². The Balaban J connectivity index is 2.96. The fourth-order valence-corrected chi connectivity index (χ4v) is 1.78. The van der Waals surface area contributed by atoms with Gasteiger partial charge in [0.15, 0.2) is 0 Å². The number of para-hydroxylation sites is 1. The Hall–Kier alpha value is -2.00. The molecule has 0 saturated carbocycles. The van der Waals surface area contributed by atoms with Crippen molar-refractivity contribution < 1.29 is 0 Å². The Kier molecular flexibility index (Phi) is 5.04. The van der Waals surface area contributed by atoms with Crippen LogP contribution >= 0.6 is 0 Å². The first-order valence-electron chi connectivity index (χ1n) is 5.80. The molecule has 0 amide bonds. The molecule has 0 heterocycles. The summed E-state index contributed by atoms with van der Waals surface area (Å²) in [5, 5.41) is 17.8. The van der Waals surface area contributed by atoms with E-state index in [0.717, 1.165) is 12.2 Å². The minimum atomic E-state index is 0.479. The molecule has 3 nitrogen and oxygen atoms in total. The molecule has 0 bridgehead atoms. The van der Waals surface area contributed by atoms with Gasteiger partial charge < -0.3 is 4.90 Å². The molecule has 0 unspecified atom stereocenters. The second-order valence-corrected chi connectivity index (χ2v) is 4.38. The normalized spacial score (nSPS) is 9.71. The van der Waals surface area contributed by atoms with Crippen LogP contribution in [-0.2, 0) is 0 Å². The molecule has 88 valence electrons. The zero-order valence-corrected chi connectivity index (χ0v) is 10.3. The molecule has 0 aliphatic rings. The molecule has 0 aliphatic carbocycles. The minimum Gasteiger partial charge on any atom is -0.369 e. The Morgan fingerprint density at radius 2 is 1.94 bits per heavy atom. The minimum absolute atomic E-state index is 0.479. The summed E-state index contributed by atoms with van der Waals surface area (Å²) < 4.78 is 0. The molecule has 1 aromatic rings. The maximum absolute atomic E-state index is 9.09. The van der Waals surface area contributed by atoms with Crippen molar-refractivity contribution in [2.75, 3.05) is 18.0 Å². The van der Waals surface area contributed by atoms with Crippen LogP contribution in [0.3, 0.4) is 0 Å². The van der Waals surface area contributed by atoms with Gasteiger partial charge in [-0.15, -0.1) is 0 Å². The Morgan fingerprint density at radius 1 is 1.24 bits per heavy atom. The first-order chi connectivity index (χ1) is 8.19. The summed E-state index contributed by atoms with van der Waals surface area (Å²) in [4.78, 5) is 2.12. The number of nitrogens with zero attached hydrogens (tertiary/aromatic N) is 3. The molecule has 1 rings (SSSR count). The number of hydrogen-bond acceptors (Lipinski definition) is 3. The lowest BCUT2D eigenvalue weighted by atomic mass is 10.1. The molecule has 0 spiro atoms. The highest BCUT2D eigenvalue weighted by Gasteiger charge is 2.11. The van der Waals surface area contributed by atoms with Gasteiger partial charge in [0.1, 0.15) is 6.07 Å². The molecular weight excluding hydrogens is 210 g/mol. The summed E-state index contributed by atoms with van der Waals surface area (Å²) in [6.07, 6.45) is 0.479. The number of rotatable bonds is 5. The van der Waals surface area contributed by atoms with Gasteiger partial charge in [0.05, 0.1) is 23.7 Å². The summed E-state index contributed by atoms with van der Waals surface area (Å²) in [6, 6.07) is 11.9. The van der Waals surface area contributed by atoms with Crippen molar-refractivity contribution in [2.45, 2.75) is 20.3 Å². The maximum Gasteiger partial charge on any atom is 0.101 e. The second-order valence-electron chi connectivity index (χ2n) is 4.38. The van der Waals surface area contributed by atoms with Crippen LogP contribution in [0.15, 0.2) is 24.3 Å². The zero-order valence-electron chi connectivity index (χ0n) is 10.3. The molecule has 0 fully saturated rings. The van der Waals surface area contributed by atoms with Crippen LogP contribution < -0.4 is 4.90 Å². The van der Waals surface area contributed by atoms with E-state index in [0.29, 0.717) is 24.4 Å². The lowest BCUT2D eigenvalue weighted by Gasteiger charge is -2.26. The Bertz CT molecular complexity index is 438. The van der Waals surface area contributed by atoms with E-state index in [4.69, 9.17) is 10.5 Å². The quantitative estimate of drug-likeness (QED) is 0.777. The predicted molar refractivity (Wildman–Crippen MR) is 68.4 cm³/mol. The highest BCUT2D eigenvalue weighted by Crippen LogP contribution is 2.20. The van der Waals surface area contributed by atoms with Crippen LogP contribution in [0, 0.1) is 28.6 Å². The Labute approximate surface area is 103 Å². The molecule has 0 saturated heterocycles. The van der Waals surface area contributed by atoms with Gasteiger partial charge in [-0.25, -0.2) is 0 Å². The van der Waals surface area contributed by atoms with E-state index < -0.39 is 0 Å². The Morgan fingerprint density at radius 3 is 2.53 bits per heavy atom. The van der Waals surface area contributed by atoms with E-state index in [1.54, 1.807) is 0 Å². The maximum atomic E-state index is 9.09. The van der Waals surface area contributed by atoms with Gasteiger partial charge in [0.2, 0.25) is 0 Å². The highest BCUT2D eigenvalue weighted by molar-refractivity contribution is 5.59. The zero-order chi connectivity index (χ0) is 12.7. The van der Waals surface area contributed by atoms with Gasteiger partial charge in [-0.1, -0.05) is 26.0 Å². The van der Waals surface area contributed by atoms with Gasteiger partial charge in [-0.2, -0.15) is 10.5 Å². The number of benzene rings is 1. The summed E-state index contributed by atoms with van der Waals surface area (Å²) in [7, 11) is 0. The topological polar surface area (TPSA) is 50.8 Å². The lowest BCUT2D eigenvalue weighted by Crippen LogP contribution is -2.29. The van der Waals surface area contributed by atoms with Crippen LogP contribution in [0.4, 0.5) is 5.69 Å². The molecular formula is C14H17N3. The summed E-state index contributed by atoms with van der Waals surface area (Å²) in [5.74, 6) is 0.500. The van der Waals surface area contributed by atoms with Crippen LogP contribution in [-0.4, -0.2) is 13.1 Å². The summed E-state index contributed by atoms with van der Waals surface area (Å²) in [6.45, 7) is 5.80. The summed E-state index contributed by atoms with van der Waals surface area (Å²) >= 11 is 0.